The molecule has 0 radical (unpaired) electrons. The number of nitrogens with two attached hydrogens (primary N) is 1. The maximum absolute atomic E-state index is 12.8. The number of carbonyl (C=O) groups is 1. The van der Waals surface area contributed by atoms with Crippen molar-refractivity contribution < 1.29 is 9.53 Å². The van der Waals surface area contributed by atoms with E-state index in [1.807, 2.05) is 12.1 Å². The minimum Gasteiger partial charge on any atom is -0.379 e. The van der Waals surface area contributed by atoms with Crippen LogP contribution in [0.5, 0.6) is 0 Å². The Balaban J connectivity index is 1.57. The Bertz CT molecular complexity index is 674. The lowest BCUT2D eigenvalue weighted by Crippen LogP contribution is -2.46. The van der Waals surface area contributed by atoms with Crippen LogP contribution in [-0.4, -0.2) is 58.8 Å². The fraction of sp³-hybridized carbons (Fsp3) is 0.500. The van der Waals surface area contributed by atoms with Crippen LogP contribution >= 0.6 is 11.3 Å². The molecule has 3 heterocycles. The molecule has 134 valence electrons. The van der Waals surface area contributed by atoms with Gasteiger partial charge in [0, 0.05) is 38.4 Å². The zero-order valence-corrected chi connectivity index (χ0v) is 14.7. The lowest BCUT2D eigenvalue weighted by molar-refractivity contribution is -0.128. The van der Waals surface area contributed by atoms with Gasteiger partial charge in [0.2, 0.25) is 11.0 Å². The van der Waals surface area contributed by atoms with Gasteiger partial charge in [-0.25, -0.2) is 0 Å². The number of ether oxygens (including phenoxy) is 1. The van der Waals surface area contributed by atoms with E-state index in [4.69, 9.17) is 10.5 Å². The average molecular weight is 362 g/mol. The summed E-state index contributed by atoms with van der Waals surface area (Å²) in [6.45, 7) is 3.33. The molecule has 1 unspecified atom stereocenters. The quantitative estimate of drug-likeness (QED) is 0.696. The summed E-state index contributed by atoms with van der Waals surface area (Å²) < 4.78 is 5.40. The van der Waals surface area contributed by atoms with Crippen LogP contribution < -0.4 is 11.1 Å². The SMILES string of the molecule is Nc1nnc(CCCNC(=O)C(c2cccnc2)N2CCOCC2)s1. The average Bonchev–Trinajstić information content (AvgIpc) is 3.06. The van der Waals surface area contributed by atoms with Gasteiger partial charge < -0.3 is 15.8 Å². The molecule has 1 fully saturated rings. The summed E-state index contributed by atoms with van der Waals surface area (Å²) in [5.74, 6) is -0.00771. The van der Waals surface area contributed by atoms with E-state index in [1.54, 1.807) is 12.4 Å². The van der Waals surface area contributed by atoms with Gasteiger partial charge in [-0.05, 0) is 18.1 Å². The van der Waals surface area contributed by atoms with Gasteiger partial charge >= 0.3 is 0 Å². The molecular formula is C16H22N6O2S. The largest absolute Gasteiger partial charge is 0.379 e. The van der Waals surface area contributed by atoms with Gasteiger partial charge in [0.15, 0.2) is 0 Å². The standard InChI is InChI=1S/C16H22N6O2S/c17-16-21-20-13(25-16)4-2-6-19-15(23)14(12-3-1-5-18-11-12)22-7-9-24-10-8-22/h1,3,5,11,14H,2,4,6-10H2,(H2,17,21)(H,19,23). The van der Waals surface area contributed by atoms with Crippen molar-refractivity contribution in [2.24, 2.45) is 0 Å². The third kappa shape index (κ3) is 4.94. The first kappa shape index (κ1) is 17.7. The van der Waals surface area contributed by atoms with E-state index in [-0.39, 0.29) is 11.9 Å². The zero-order valence-electron chi connectivity index (χ0n) is 13.9. The molecule has 1 atom stereocenters. The van der Waals surface area contributed by atoms with Crippen molar-refractivity contribution in [1.29, 1.82) is 0 Å². The second kappa shape index (κ2) is 8.84. The van der Waals surface area contributed by atoms with Gasteiger partial charge in [0.1, 0.15) is 11.0 Å². The van der Waals surface area contributed by atoms with E-state index in [0.717, 1.165) is 36.5 Å². The molecule has 1 aliphatic heterocycles. The summed E-state index contributed by atoms with van der Waals surface area (Å²) in [6.07, 6.45) is 5.02. The molecule has 3 rings (SSSR count). The molecule has 1 amide bonds. The second-order valence-electron chi connectivity index (χ2n) is 5.77. The Kier molecular flexibility index (Phi) is 6.26. The molecule has 2 aromatic rings. The topological polar surface area (TPSA) is 106 Å². The van der Waals surface area contributed by atoms with Crippen molar-refractivity contribution in [3.8, 4) is 0 Å². The molecule has 1 aliphatic rings. The van der Waals surface area contributed by atoms with Crippen LogP contribution in [0.15, 0.2) is 24.5 Å². The number of aryl methyl sites for hydroxylation is 1. The van der Waals surface area contributed by atoms with Crippen molar-refractivity contribution in [1.82, 2.24) is 25.4 Å². The van der Waals surface area contributed by atoms with Crippen LogP contribution in [0.1, 0.15) is 23.0 Å². The minimum absolute atomic E-state index is 0.00771. The van der Waals surface area contributed by atoms with E-state index in [2.05, 4.69) is 25.4 Å². The smallest absolute Gasteiger partial charge is 0.242 e. The van der Waals surface area contributed by atoms with E-state index >= 15 is 0 Å². The number of nitrogen functional groups attached to an aromatic ring is 1. The summed E-state index contributed by atoms with van der Waals surface area (Å²) >= 11 is 1.38. The monoisotopic (exact) mass is 362 g/mol. The van der Waals surface area contributed by atoms with Crippen LogP contribution in [-0.2, 0) is 16.0 Å². The summed E-state index contributed by atoms with van der Waals surface area (Å²) in [6, 6.07) is 3.46. The number of amides is 1. The Hall–Kier alpha value is -2.10. The van der Waals surface area contributed by atoms with Crippen molar-refractivity contribution >= 4 is 22.4 Å². The Morgan fingerprint density at radius 1 is 1.40 bits per heavy atom. The van der Waals surface area contributed by atoms with Crippen LogP contribution in [0.4, 0.5) is 5.13 Å². The third-order valence-corrected chi connectivity index (χ3v) is 4.82. The molecule has 9 heteroatoms. The molecule has 0 spiro atoms. The first-order chi connectivity index (χ1) is 12.2. The van der Waals surface area contributed by atoms with Crippen molar-refractivity contribution in [2.75, 3.05) is 38.6 Å². The number of hydrogen-bond donors (Lipinski definition) is 2. The predicted octanol–water partition coefficient (Wildman–Crippen LogP) is 0.638. The maximum Gasteiger partial charge on any atom is 0.242 e. The second-order valence-corrected chi connectivity index (χ2v) is 6.86. The maximum atomic E-state index is 12.8. The number of anilines is 1. The van der Waals surface area contributed by atoms with Crippen LogP contribution in [0.3, 0.4) is 0 Å². The molecule has 0 aromatic carbocycles. The number of pyridine rings is 1. The highest BCUT2D eigenvalue weighted by Gasteiger charge is 2.28. The Labute approximate surface area is 150 Å². The van der Waals surface area contributed by atoms with Gasteiger partial charge in [-0.2, -0.15) is 0 Å². The Morgan fingerprint density at radius 2 is 2.24 bits per heavy atom. The molecular weight excluding hydrogens is 340 g/mol. The van der Waals surface area contributed by atoms with Crippen LogP contribution in [0.2, 0.25) is 0 Å². The molecule has 0 bridgehead atoms. The lowest BCUT2D eigenvalue weighted by atomic mass is 10.1. The molecule has 2 aromatic heterocycles. The molecule has 25 heavy (non-hydrogen) atoms. The highest BCUT2D eigenvalue weighted by Crippen LogP contribution is 2.21. The normalized spacial score (nSPS) is 16.5. The molecule has 0 aliphatic carbocycles. The van der Waals surface area contributed by atoms with E-state index in [0.29, 0.717) is 24.9 Å². The number of rotatable bonds is 7. The van der Waals surface area contributed by atoms with Crippen molar-refractivity contribution in [2.45, 2.75) is 18.9 Å². The van der Waals surface area contributed by atoms with E-state index < -0.39 is 0 Å². The predicted molar refractivity (Wildman–Crippen MR) is 95.0 cm³/mol. The fourth-order valence-corrected chi connectivity index (χ4v) is 3.47. The molecule has 8 nitrogen and oxygen atoms in total. The van der Waals surface area contributed by atoms with E-state index in [9.17, 15) is 4.79 Å². The first-order valence-corrected chi connectivity index (χ1v) is 9.13. The van der Waals surface area contributed by atoms with Crippen LogP contribution in [0, 0.1) is 0 Å². The third-order valence-electron chi connectivity index (χ3n) is 4.01. The van der Waals surface area contributed by atoms with Gasteiger partial charge in [-0.1, -0.05) is 17.4 Å². The van der Waals surface area contributed by atoms with Crippen molar-refractivity contribution in [3.05, 3.63) is 35.1 Å². The van der Waals surface area contributed by atoms with Crippen LogP contribution in [0.25, 0.3) is 0 Å². The number of nitrogens with zero attached hydrogens (tertiary/aromatic N) is 4. The van der Waals surface area contributed by atoms with Crippen molar-refractivity contribution in [3.63, 3.8) is 0 Å². The lowest BCUT2D eigenvalue weighted by Gasteiger charge is -2.33. The fourth-order valence-electron chi connectivity index (χ4n) is 2.82. The van der Waals surface area contributed by atoms with Gasteiger partial charge in [-0.3, -0.25) is 14.7 Å². The summed E-state index contributed by atoms with van der Waals surface area (Å²) in [7, 11) is 0. The Morgan fingerprint density at radius 3 is 2.92 bits per heavy atom. The van der Waals surface area contributed by atoms with Gasteiger partial charge in [0.25, 0.3) is 0 Å². The molecule has 1 saturated heterocycles. The van der Waals surface area contributed by atoms with Gasteiger partial charge in [0.05, 0.1) is 13.2 Å². The number of hydrogen-bond acceptors (Lipinski definition) is 8. The highest BCUT2D eigenvalue weighted by molar-refractivity contribution is 7.15. The molecule has 0 saturated carbocycles. The van der Waals surface area contributed by atoms with Gasteiger partial charge in [-0.15, -0.1) is 10.2 Å². The van der Waals surface area contributed by atoms with E-state index in [1.165, 1.54) is 11.3 Å². The summed E-state index contributed by atoms with van der Waals surface area (Å²) in [5, 5.41) is 12.2. The number of morpholine rings is 1. The summed E-state index contributed by atoms with van der Waals surface area (Å²) in [4.78, 5) is 19.1. The number of carbonyl (C=O) groups excluding carboxylic acids is 1. The summed E-state index contributed by atoms with van der Waals surface area (Å²) in [5.41, 5.74) is 6.47. The molecule has 3 N–H and O–H groups in total. The number of nitrogens with one attached hydrogen (secondary N) is 1. The number of aromatic nitrogens is 3. The minimum atomic E-state index is -0.338. The first-order valence-electron chi connectivity index (χ1n) is 8.31. The zero-order chi connectivity index (χ0) is 17.5. The highest BCUT2D eigenvalue weighted by atomic mass is 32.1.